The molecule has 0 radical (unpaired) electrons. The van der Waals surface area contributed by atoms with Crippen LogP contribution in [-0.2, 0) is 7.05 Å². The molecule has 4 rings (SSSR count). The molecule has 7 nitrogen and oxygen atoms in total. The second-order valence-electron chi connectivity index (χ2n) is 6.41. The van der Waals surface area contributed by atoms with Gasteiger partial charge < -0.3 is 25.1 Å². The summed E-state index contributed by atoms with van der Waals surface area (Å²) >= 11 is 0. The summed E-state index contributed by atoms with van der Waals surface area (Å²) in [6.07, 6.45) is 1.65. The normalized spacial score (nSPS) is 10.9. The minimum absolute atomic E-state index is 0.0611. The van der Waals surface area contributed by atoms with Gasteiger partial charge in [-0.2, -0.15) is 0 Å². The van der Waals surface area contributed by atoms with E-state index in [4.69, 9.17) is 10.5 Å². The Morgan fingerprint density at radius 3 is 2.57 bits per heavy atom. The highest BCUT2D eigenvalue weighted by Crippen LogP contribution is 2.38. The van der Waals surface area contributed by atoms with Gasteiger partial charge in [-0.15, -0.1) is 0 Å². The van der Waals surface area contributed by atoms with Crippen LogP contribution >= 0.6 is 0 Å². The summed E-state index contributed by atoms with van der Waals surface area (Å²) in [6.45, 7) is 0. The van der Waals surface area contributed by atoms with Crippen LogP contribution < -0.4 is 16.0 Å². The Balaban J connectivity index is 1.97. The van der Waals surface area contributed by atoms with Gasteiger partial charge in [-0.1, -0.05) is 18.2 Å². The molecule has 0 unspecified atom stereocenters. The highest BCUT2D eigenvalue weighted by Gasteiger charge is 2.18. The number of para-hydroxylation sites is 1. The summed E-state index contributed by atoms with van der Waals surface area (Å²) in [4.78, 5) is 26.6. The maximum absolute atomic E-state index is 12.5. The van der Waals surface area contributed by atoms with Gasteiger partial charge in [0.1, 0.15) is 22.7 Å². The molecule has 0 aliphatic carbocycles. The van der Waals surface area contributed by atoms with Crippen molar-refractivity contribution in [1.82, 2.24) is 9.55 Å². The molecule has 4 N–H and O–H groups in total. The summed E-state index contributed by atoms with van der Waals surface area (Å²) in [5.74, 6) is 0.0471. The van der Waals surface area contributed by atoms with Gasteiger partial charge >= 0.3 is 5.97 Å². The lowest BCUT2D eigenvalue weighted by molar-refractivity contribution is 0.0691. The number of anilines is 1. The SMILES string of the molecule is Cn1cc(-c2cc(N)ccc2Oc2ccccc2)c2cc(C(=O)O)[nH]c2c1=O. The van der Waals surface area contributed by atoms with Crippen LogP contribution in [0, 0.1) is 0 Å². The maximum atomic E-state index is 12.5. The molecule has 28 heavy (non-hydrogen) atoms. The molecule has 140 valence electrons. The molecule has 0 saturated heterocycles. The van der Waals surface area contributed by atoms with Crippen molar-refractivity contribution in [1.29, 1.82) is 0 Å². The standard InChI is InChI=1S/C21H17N3O4/c1-24-11-16(15-10-17(21(26)27)23-19(15)20(24)25)14-9-12(22)7-8-18(14)28-13-5-3-2-4-6-13/h2-11,23H,22H2,1H3,(H,26,27). The van der Waals surface area contributed by atoms with Crippen molar-refractivity contribution in [3.8, 4) is 22.6 Å². The minimum atomic E-state index is -1.14. The number of nitrogens with one attached hydrogen (secondary N) is 1. The molecule has 2 heterocycles. The number of nitrogens with two attached hydrogens (primary N) is 1. The summed E-state index contributed by atoms with van der Waals surface area (Å²) in [6, 6.07) is 15.9. The smallest absolute Gasteiger partial charge is 0.352 e. The van der Waals surface area contributed by atoms with Gasteiger partial charge in [-0.25, -0.2) is 4.79 Å². The number of aromatic amines is 1. The van der Waals surface area contributed by atoms with Gasteiger partial charge in [0.05, 0.1) is 0 Å². The molecule has 0 fully saturated rings. The first-order chi connectivity index (χ1) is 13.4. The number of aromatic carboxylic acids is 1. The van der Waals surface area contributed by atoms with Crippen LogP contribution in [-0.4, -0.2) is 20.6 Å². The first-order valence-electron chi connectivity index (χ1n) is 8.52. The summed E-state index contributed by atoms with van der Waals surface area (Å²) < 4.78 is 7.42. The molecule has 2 aromatic carbocycles. The van der Waals surface area contributed by atoms with Crippen molar-refractivity contribution >= 4 is 22.6 Å². The number of ether oxygens (including phenoxy) is 1. The number of rotatable bonds is 4. The number of nitrogens with zero attached hydrogens (tertiary/aromatic N) is 1. The molecule has 0 amide bonds. The second-order valence-corrected chi connectivity index (χ2v) is 6.41. The van der Waals surface area contributed by atoms with E-state index in [0.29, 0.717) is 33.7 Å². The zero-order chi connectivity index (χ0) is 19.8. The number of hydrogen-bond donors (Lipinski definition) is 3. The van der Waals surface area contributed by atoms with Crippen molar-refractivity contribution in [2.75, 3.05) is 5.73 Å². The van der Waals surface area contributed by atoms with Gasteiger partial charge in [-0.3, -0.25) is 4.79 Å². The average Bonchev–Trinajstić information content (AvgIpc) is 3.13. The quantitative estimate of drug-likeness (QED) is 0.472. The van der Waals surface area contributed by atoms with Crippen molar-refractivity contribution in [2.24, 2.45) is 7.05 Å². The molecule has 0 saturated carbocycles. The highest BCUT2D eigenvalue weighted by atomic mass is 16.5. The number of aromatic nitrogens is 2. The van der Waals surface area contributed by atoms with Crippen LogP contribution in [0.1, 0.15) is 10.5 Å². The van der Waals surface area contributed by atoms with Gasteiger partial charge in [0, 0.05) is 35.4 Å². The molecule has 0 bridgehead atoms. The van der Waals surface area contributed by atoms with Gasteiger partial charge in [0.15, 0.2) is 0 Å². The molecule has 0 atom stereocenters. The van der Waals surface area contributed by atoms with Gasteiger partial charge in [-0.05, 0) is 36.4 Å². The Kier molecular flexibility index (Phi) is 4.12. The zero-order valence-electron chi connectivity index (χ0n) is 15.0. The Morgan fingerprint density at radius 1 is 1.11 bits per heavy atom. The first kappa shape index (κ1) is 17.4. The minimum Gasteiger partial charge on any atom is -0.477 e. The average molecular weight is 375 g/mol. The third-order valence-corrected chi connectivity index (χ3v) is 4.46. The first-order valence-corrected chi connectivity index (χ1v) is 8.52. The highest BCUT2D eigenvalue weighted by molar-refractivity contribution is 6.01. The number of H-pyrrole nitrogens is 1. The van der Waals surface area contributed by atoms with Crippen LogP contribution in [0.3, 0.4) is 0 Å². The fourth-order valence-electron chi connectivity index (χ4n) is 3.13. The van der Waals surface area contributed by atoms with Crippen LogP contribution in [0.5, 0.6) is 11.5 Å². The van der Waals surface area contributed by atoms with Crippen molar-refractivity contribution in [3.63, 3.8) is 0 Å². The Labute approximate surface area is 159 Å². The van der Waals surface area contributed by atoms with Gasteiger partial charge in [0.25, 0.3) is 5.56 Å². The van der Waals surface area contributed by atoms with Crippen LogP contribution in [0.15, 0.2) is 65.6 Å². The number of nitrogen functional groups attached to an aromatic ring is 1. The van der Waals surface area contributed by atoms with Crippen molar-refractivity contribution in [2.45, 2.75) is 0 Å². The van der Waals surface area contributed by atoms with E-state index in [1.165, 1.54) is 10.6 Å². The lowest BCUT2D eigenvalue weighted by atomic mass is 10.0. The predicted molar refractivity (Wildman–Crippen MR) is 107 cm³/mol. The van der Waals surface area contributed by atoms with Crippen LogP contribution in [0.4, 0.5) is 5.69 Å². The fraction of sp³-hybridized carbons (Fsp3) is 0.0476. The fourth-order valence-corrected chi connectivity index (χ4v) is 3.13. The van der Waals surface area contributed by atoms with E-state index in [1.807, 2.05) is 30.3 Å². The molecule has 0 aliphatic rings. The topological polar surface area (TPSA) is 110 Å². The third kappa shape index (κ3) is 2.99. The Bertz CT molecular complexity index is 1260. The molecule has 7 heteroatoms. The van der Waals surface area contributed by atoms with Crippen molar-refractivity contribution < 1.29 is 14.6 Å². The van der Waals surface area contributed by atoms with Crippen LogP contribution in [0.2, 0.25) is 0 Å². The van der Waals surface area contributed by atoms with E-state index in [0.717, 1.165) is 0 Å². The largest absolute Gasteiger partial charge is 0.477 e. The number of pyridine rings is 1. The van der Waals surface area contributed by atoms with E-state index >= 15 is 0 Å². The van der Waals surface area contributed by atoms with E-state index in [1.54, 1.807) is 31.4 Å². The monoisotopic (exact) mass is 375 g/mol. The number of carboxylic acids is 1. The molecular weight excluding hydrogens is 358 g/mol. The van der Waals surface area contributed by atoms with E-state index < -0.39 is 5.97 Å². The van der Waals surface area contributed by atoms with Crippen molar-refractivity contribution in [3.05, 3.63) is 76.8 Å². The lowest BCUT2D eigenvalue weighted by Crippen LogP contribution is -2.16. The second kappa shape index (κ2) is 6.62. The number of carbonyl (C=O) groups is 1. The summed E-state index contributed by atoms with van der Waals surface area (Å²) in [5, 5.41) is 9.81. The van der Waals surface area contributed by atoms with Gasteiger partial charge in [0.2, 0.25) is 0 Å². The predicted octanol–water partition coefficient (Wildman–Crippen LogP) is 3.61. The number of benzene rings is 2. The Morgan fingerprint density at radius 2 is 1.86 bits per heavy atom. The number of aryl methyl sites for hydroxylation is 1. The summed E-state index contributed by atoms with van der Waals surface area (Å²) in [5.41, 5.74) is 7.64. The molecule has 0 spiro atoms. The zero-order valence-corrected chi connectivity index (χ0v) is 15.0. The molecule has 0 aliphatic heterocycles. The molecule has 4 aromatic rings. The summed E-state index contributed by atoms with van der Waals surface area (Å²) in [7, 11) is 1.61. The Hall–Kier alpha value is -4.00. The van der Waals surface area contributed by atoms with E-state index in [9.17, 15) is 14.7 Å². The number of fused-ring (bicyclic) bond motifs is 1. The molecule has 2 aromatic heterocycles. The molecular formula is C21H17N3O4. The lowest BCUT2D eigenvalue weighted by Gasteiger charge is -2.14. The van der Waals surface area contributed by atoms with E-state index in [2.05, 4.69) is 4.98 Å². The third-order valence-electron chi connectivity index (χ3n) is 4.46. The number of carboxylic acid groups (broad SMARTS) is 1. The maximum Gasteiger partial charge on any atom is 0.352 e. The number of hydrogen-bond acceptors (Lipinski definition) is 4. The van der Waals surface area contributed by atoms with E-state index in [-0.39, 0.29) is 16.8 Å². The van der Waals surface area contributed by atoms with Crippen LogP contribution in [0.25, 0.3) is 22.0 Å².